The van der Waals surface area contributed by atoms with Crippen molar-refractivity contribution in [3.8, 4) is 0 Å². The molecule has 0 spiro atoms. The van der Waals surface area contributed by atoms with Gasteiger partial charge in [-0.15, -0.1) is 0 Å². The highest BCUT2D eigenvalue weighted by molar-refractivity contribution is 7.89. The molecule has 2 N–H and O–H groups in total. The van der Waals surface area contributed by atoms with Crippen LogP contribution in [-0.4, -0.2) is 19.3 Å². The maximum Gasteiger partial charge on any atom is 0.251 e. The van der Waals surface area contributed by atoms with Crippen molar-refractivity contribution in [3.05, 3.63) is 84.1 Å². The zero-order chi connectivity index (χ0) is 18.4. The van der Waals surface area contributed by atoms with E-state index in [0.29, 0.717) is 12.3 Å². The molecule has 134 valence electrons. The molecule has 0 saturated carbocycles. The number of sulfonamides is 1. The molecule has 0 aliphatic carbocycles. The lowest BCUT2D eigenvalue weighted by molar-refractivity contribution is 0.0950. The number of rotatable bonds is 7. The summed E-state index contributed by atoms with van der Waals surface area (Å²) in [4.78, 5) is 16.3. The third-order valence-corrected chi connectivity index (χ3v) is 5.00. The Morgan fingerprint density at radius 1 is 1.08 bits per heavy atom. The van der Waals surface area contributed by atoms with Crippen LogP contribution in [0.2, 0.25) is 0 Å². The number of nitrogens with one attached hydrogen (secondary N) is 2. The Kier molecular flexibility index (Phi) is 5.45. The second-order valence-electron chi connectivity index (χ2n) is 5.48. The van der Waals surface area contributed by atoms with Crippen molar-refractivity contribution in [1.82, 2.24) is 15.0 Å². The van der Waals surface area contributed by atoms with Crippen LogP contribution in [0.1, 0.15) is 21.7 Å². The summed E-state index contributed by atoms with van der Waals surface area (Å²) in [5.41, 5.74) is 1.11. The predicted octanol–water partition coefficient (Wildman–Crippen LogP) is 2.08. The van der Waals surface area contributed by atoms with E-state index in [9.17, 15) is 13.2 Å². The van der Waals surface area contributed by atoms with Gasteiger partial charge in [-0.05, 0) is 42.0 Å². The van der Waals surface area contributed by atoms with Crippen LogP contribution < -0.4 is 10.0 Å². The number of benzene rings is 1. The van der Waals surface area contributed by atoms with Crippen LogP contribution in [0, 0.1) is 0 Å². The van der Waals surface area contributed by atoms with Crippen molar-refractivity contribution >= 4 is 15.9 Å². The molecule has 7 nitrogen and oxygen atoms in total. The van der Waals surface area contributed by atoms with Crippen LogP contribution in [0.15, 0.2) is 76.5 Å². The van der Waals surface area contributed by atoms with Crippen molar-refractivity contribution in [3.63, 3.8) is 0 Å². The first-order chi connectivity index (χ1) is 12.5. The smallest absolute Gasteiger partial charge is 0.251 e. The van der Waals surface area contributed by atoms with E-state index in [1.807, 2.05) is 6.07 Å². The molecule has 1 aromatic carbocycles. The van der Waals surface area contributed by atoms with E-state index < -0.39 is 10.0 Å². The van der Waals surface area contributed by atoms with Gasteiger partial charge in [0.05, 0.1) is 17.7 Å². The van der Waals surface area contributed by atoms with E-state index in [4.69, 9.17) is 4.42 Å². The second kappa shape index (κ2) is 7.94. The third kappa shape index (κ3) is 4.56. The number of nitrogens with zero attached hydrogens (tertiary/aromatic N) is 1. The van der Waals surface area contributed by atoms with Gasteiger partial charge in [0, 0.05) is 24.5 Å². The summed E-state index contributed by atoms with van der Waals surface area (Å²) in [5, 5.41) is 2.74. The van der Waals surface area contributed by atoms with E-state index in [1.54, 1.807) is 36.7 Å². The van der Waals surface area contributed by atoms with Crippen molar-refractivity contribution in [1.29, 1.82) is 0 Å². The van der Waals surface area contributed by atoms with Crippen LogP contribution in [-0.2, 0) is 23.1 Å². The molecule has 1 amide bonds. The first kappa shape index (κ1) is 17.8. The number of aromatic nitrogens is 1. The maximum absolute atomic E-state index is 12.4. The average molecular weight is 371 g/mol. The van der Waals surface area contributed by atoms with Crippen LogP contribution in [0.3, 0.4) is 0 Å². The number of pyridine rings is 1. The SMILES string of the molecule is O=C(NCc1cccnc1)c1cccc(S(=O)(=O)NCc2ccco2)c1. The molecule has 2 aromatic heterocycles. The Hall–Kier alpha value is -2.97. The quantitative estimate of drug-likeness (QED) is 0.662. The normalized spacial score (nSPS) is 11.2. The maximum atomic E-state index is 12.4. The first-order valence-corrected chi connectivity index (χ1v) is 9.32. The van der Waals surface area contributed by atoms with Gasteiger partial charge >= 0.3 is 0 Å². The van der Waals surface area contributed by atoms with Gasteiger partial charge < -0.3 is 9.73 Å². The minimum absolute atomic E-state index is 0.0121. The molecule has 2 heterocycles. The van der Waals surface area contributed by atoms with Crippen molar-refractivity contribution in [2.45, 2.75) is 18.0 Å². The molecular weight excluding hydrogens is 354 g/mol. The Labute approximate surface area is 151 Å². The summed E-state index contributed by atoms with van der Waals surface area (Å²) in [6.07, 6.45) is 4.77. The second-order valence-corrected chi connectivity index (χ2v) is 7.24. The number of furan rings is 1. The lowest BCUT2D eigenvalue weighted by Gasteiger charge is -2.08. The standard InChI is InChI=1S/C18H17N3O4S/c22-18(20-12-14-4-2-8-19-11-14)15-5-1-7-17(10-15)26(23,24)21-13-16-6-3-9-25-16/h1-11,21H,12-13H2,(H,20,22). The van der Waals surface area contributed by atoms with Crippen molar-refractivity contribution < 1.29 is 17.6 Å². The summed E-state index contributed by atoms with van der Waals surface area (Å²) < 4.78 is 32.3. The van der Waals surface area contributed by atoms with Crippen LogP contribution in [0.25, 0.3) is 0 Å². The van der Waals surface area contributed by atoms with Gasteiger partial charge in [-0.3, -0.25) is 9.78 Å². The summed E-state index contributed by atoms with van der Waals surface area (Å²) in [7, 11) is -3.76. The zero-order valence-corrected chi connectivity index (χ0v) is 14.6. The zero-order valence-electron chi connectivity index (χ0n) is 13.8. The minimum Gasteiger partial charge on any atom is -0.468 e. The van der Waals surface area contributed by atoms with E-state index in [1.165, 1.54) is 24.5 Å². The largest absolute Gasteiger partial charge is 0.468 e. The number of carbonyl (C=O) groups excluding carboxylic acids is 1. The predicted molar refractivity (Wildman–Crippen MR) is 94.6 cm³/mol. The molecule has 0 aliphatic heterocycles. The fourth-order valence-corrected chi connectivity index (χ4v) is 3.29. The molecule has 0 unspecified atom stereocenters. The Morgan fingerprint density at radius 2 is 1.96 bits per heavy atom. The Balaban J connectivity index is 1.67. The van der Waals surface area contributed by atoms with Crippen LogP contribution in [0.4, 0.5) is 0 Å². The molecule has 26 heavy (non-hydrogen) atoms. The molecule has 8 heteroatoms. The van der Waals surface area contributed by atoms with E-state index in [2.05, 4.69) is 15.0 Å². The summed E-state index contributed by atoms with van der Waals surface area (Å²) >= 11 is 0. The van der Waals surface area contributed by atoms with E-state index in [0.717, 1.165) is 5.56 Å². The molecule has 0 fully saturated rings. The molecule has 3 rings (SSSR count). The Morgan fingerprint density at radius 3 is 2.69 bits per heavy atom. The average Bonchev–Trinajstić information content (AvgIpc) is 3.19. The van der Waals surface area contributed by atoms with Gasteiger partial charge in [0.2, 0.25) is 10.0 Å². The van der Waals surface area contributed by atoms with Gasteiger partial charge in [0.25, 0.3) is 5.91 Å². The number of hydrogen-bond donors (Lipinski definition) is 2. The van der Waals surface area contributed by atoms with Gasteiger partial charge in [0.15, 0.2) is 0 Å². The molecule has 0 bridgehead atoms. The van der Waals surface area contributed by atoms with Crippen molar-refractivity contribution in [2.24, 2.45) is 0 Å². The van der Waals surface area contributed by atoms with E-state index in [-0.39, 0.29) is 22.9 Å². The highest BCUT2D eigenvalue weighted by Crippen LogP contribution is 2.13. The summed E-state index contributed by atoms with van der Waals surface area (Å²) in [6.45, 7) is 0.340. The van der Waals surface area contributed by atoms with Crippen LogP contribution >= 0.6 is 0 Å². The molecular formula is C18H17N3O4S. The Bertz CT molecular complexity index is 971. The summed E-state index contributed by atoms with van der Waals surface area (Å²) in [6, 6.07) is 12.8. The molecule has 0 radical (unpaired) electrons. The fraction of sp³-hybridized carbons (Fsp3) is 0.111. The first-order valence-electron chi connectivity index (χ1n) is 7.84. The van der Waals surface area contributed by atoms with Gasteiger partial charge in [-0.2, -0.15) is 0 Å². The lowest BCUT2D eigenvalue weighted by atomic mass is 10.2. The number of carbonyl (C=O) groups is 1. The fourth-order valence-electron chi connectivity index (χ4n) is 2.25. The monoisotopic (exact) mass is 371 g/mol. The van der Waals surface area contributed by atoms with Gasteiger partial charge in [-0.25, -0.2) is 13.1 Å². The number of hydrogen-bond acceptors (Lipinski definition) is 5. The van der Waals surface area contributed by atoms with E-state index >= 15 is 0 Å². The third-order valence-electron chi connectivity index (χ3n) is 3.60. The highest BCUT2D eigenvalue weighted by Gasteiger charge is 2.16. The van der Waals surface area contributed by atoms with Gasteiger partial charge in [-0.1, -0.05) is 12.1 Å². The summed E-state index contributed by atoms with van der Waals surface area (Å²) in [5.74, 6) is 0.135. The topological polar surface area (TPSA) is 101 Å². The number of amides is 1. The molecule has 0 aliphatic rings. The van der Waals surface area contributed by atoms with Crippen LogP contribution in [0.5, 0.6) is 0 Å². The molecule has 0 atom stereocenters. The lowest BCUT2D eigenvalue weighted by Crippen LogP contribution is -2.25. The van der Waals surface area contributed by atoms with Gasteiger partial charge in [0.1, 0.15) is 5.76 Å². The van der Waals surface area contributed by atoms with Crippen molar-refractivity contribution in [2.75, 3.05) is 0 Å². The minimum atomic E-state index is -3.76. The molecule has 0 saturated heterocycles. The molecule has 3 aromatic rings. The highest BCUT2D eigenvalue weighted by atomic mass is 32.2.